The number of aliphatic hydroxyl groups excluding tert-OH is 1. The summed E-state index contributed by atoms with van der Waals surface area (Å²) in [6.45, 7) is 9.57. The van der Waals surface area contributed by atoms with E-state index in [0.717, 1.165) is 4.46 Å². The fraction of sp³-hybridized carbons (Fsp3) is 0.520. The van der Waals surface area contributed by atoms with Crippen LogP contribution in [0.5, 0.6) is 0 Å². The Morgan fingerprint density at radius 3 is 2.35 bits per heavy atom. The summed E-state index contributed by atoms with van der Waals surface area (Å²) in [5.41, 5.74) is -1.93. The quantitative estimate of drug-likeness (QED) is 0.267. The number of furan rings is 1. The molecule has 204 valence electrons. The summed E-state index contributed by atoms with van der Waals surface area (Å²) in [5.74, 6) is -3.05. The minimum absolute atomic E-state index is 0.0302. The third kappa shape index (κ3) is 6.25. The second-order valence-corrected chi connectivity index (χ2v) is 20.9. The molecule has 1 heterocycles. The van der Waals surface area contributed by atoms with Gasteiger partial charge in [0.2, 0.25) is 0 Å². The molecule has 0 amide bonds. The summed E-state index contributed by atoms with van der Waals surface area (Å²) in [7, 11) is -2.21. The number of ether oxygens (including phenoxy) is 2. The van der Waals surface area contributed by atoms with Gasteiger partial charge in [-0.05, 0) is 0 Å². The average molecular weight is 657 g/mol. The van der Waals surface area contributed by atoms with Crippen molar-refractivity contribution < 1.29 is 33.7 Å². The van der Waals surface area contributed by atoms with Gasteiger partial charge < -0.3 is 0 Å². The monoisotopic (exact) mass is 656 g/mol. The number of halogens is 3. The van der Waals surface area contributed by atoms with E-state index in [1.807, 2.05) is 50.0 Å². The summed E-state index contributed by atoms with van der Waals surface area (Å²) in [6.07, 6.45) is -1.64. The van der Waals surface area contributed by atoms with Gasteiger partial charge in [-0.15, -0.1) is 0 Å². The van der Waals surface area contributed by atoms with Crippen LogP contribution < -0.4 is 9.85 Å². The molecule has 0 radical (unpaired) electrons. The summed E-state index contributed by atoms with van der Waals surface area (Å²) < 4.78 is 14.3. The average Bonchev–Trinajstić information content (AvgIpc) is 3.31. The molecular weight excluding hydrogens is 626 g/mol. The number of rotatable bonds is 7. The first kappa shape index (κ1) is 30.5. The summed E-state index contributed by atoms with van der Waals surface area (Å²) in [6, 6.07) is 11.0. The molecule has 0 saturated heterocycles. The van der Waals surface area contributed by atoms with Gasteiger partial charge in [0.15, 0.2) is 0 Å². The van der Waals surface area contributed by atoms with Gasteiger partial charge in [-0.2, -0.15) is 0 Å². The Bertz CT molecular complexity index is 1120. The fourth-order valence-corrected chi connectivity index (χ4v) is 9.27. The van der Waals surface area contributed by atoms with E-state index in [-0.39, 0.29) is 18.6 Å². The van der Waals surface area contributed by atoms with Gasteiger partial charge in [0, 0.05) is 0 Å². The summed E-state index contributed by atoms with van der Waals surface area (Å²) >= 11 is 17.0. The number of aliphatic hydroxyl groups is 2. The van der Waals surface area contributed by atoms with Crippen LogP contribution in [0.4, 0.5) is 0 Å². The topological polar surface area (TPSA) is 106 Å². The predicted molar refractivity (Wildman–Crippen MR) is 147 cm³/mol. The normalized spacial score (nSPS) is 28.5. The van der Waals surface area contributed by atoms with Crippen molar-refractivity contribution in [3.05, 3.63) is 48.2 Å². The van der Waals surface area contributed by atoms with Crippen LogP contribution in [0.2, 0.25) is 24.0 Å². The number of hydrogen-bond donors (Lipinski definition) is 2. The first-order valence-electron chi connectivity index (χ1n) is 11.7. The SMILES string of the molecule is CCOC(=O)[C@@H]1C[C@@](C)([Se]c2ccccc2)[C@@H](OC(=O)C(Cl)(Cl)Cl)[C@@H](O)[C@@]1(O)c1ccoc1[Si](C)(C)C. The van der Waals surface area contributed by atoms with Crippen LogP contribution in [-0.4, -0.2) is 67.8 Å². The predicted octanol–water partition coefficient (Wildman–Crippen LogP) is 3.45. The van der Waals surface area contributed by atoms with Crippen LogP contribution in [0.1, 0.15) is 25.8 Å². The van der Waals surface area contributed by atoms with Gasteiger partial charge in [0.05, 0.1) is 0 Å². The van der Waals surface area contributed by atoms with E-state index in [2.05, 4.69) is 0 Å². The Labute approximate surface area is 238 Å². The number of carbonyl (C=O) groups excluding carboxylic acids is 2. The van der Waals surface area contributed by atoms with Crippen molar-refractivity contribution >= 4 is 79.6 Å². The van der Waals surface area contributed by atoms with Crippen molar-refractivity contribution in [3.63, 3.8) is 0 Å². The van der Waals surface area contributed by atoms with Crippen molar-refractivity contribution in [2.75, 3.05) is 6.61 Å². The van der Waals surface area contributed by atoms with E-state index in [1.165, 1.54) is 6.26 Å². The molecule has 0 bridgehead atoms. The molecule has 1 saturated carbocycles. The van der Waals surface area contributed by atoms with Crippen LogP contribution in [-0.2, 0) is 24.7 Å². The molecule has 1 aromatic carbocycles. The Hall–Kier alpha value is -1.03. The van der Waals surface area contributed by atoms with E-state index in [4.69, 9.17) is 48.7 Å². The standard InChI is InChI=1S/C25H31Cl3O7SeSi/c1-6-33-20(30)17-14-23(2,36-15-10-8-7-9-11-15)19(35-22(31)25(26,27)28)18(29)24(17,32)16-12-13-34-21(16)37(3,4)5/h7-13,17-19,29,32H,6,14H2,1-5H3/t17-,18+,19-,23+,24+/m0/s1. The molecule has 37 heavy (non-hydrogen) atoms. The molecule has 3 rings (SSSR count). The molecule has 0 unspecified atom stereocenters. The Balaban J connectivity index is 2.22. The van der Waals surface area contributed by atoms with Crippen molar-refractivity contribution in [3.8, 4) is 0 Å². The number of carbonyl (C=O) groups is 2. The third-order valence-corrected chi connectivity index (χ3v) is 11.5. The van der Waals surface area contributed by atoms with Gasteiger partial charge in [-0.3, -0.25) is 0 Å². The molecule has 2 N–H and O–H groups in total. The summed E-state index contributed by atoms with van der Waals surface area (Å²) in [5, 5.41) is 24.7. The molecule has 0 aliphatic heterocycles. The molecule has 1 aliphatic rings. The molecule has 0 spiro atoms. The number of benzene rings is 1. The molecule has 1 aliphatic carbocycles. The van der Waals surface area contributed by atoms with Crippen molar-refractivity contribution in [1.82, 2.24) is 0 Å². The van der Waals surface area contributed by atoms with Crippen molar-refractivity contribution in [2.24, 2.45) is 5.92 Å². The first-order chi connectivity index (χ1) is 17.1. The number of alkyl halides is 3. The van der Waals surface area contributed by atoms with Crippen LogP contribution in [0, 0.1) is 5.92 Å². The van der Waals surface area contributed by atoms with E-state index >= 15 is 0 Å². The van der Waals surface area contributed by atoms with E-state index in [1.54, 1.807) is 19.9 Å². The molecule has 12 heteroatoms. The van der Waals surface area contributed by atoms with Gasteiger partial charge in [-0.1, -0.05) is 0 Å². The van der Waals surface area contributed by atoms with Crippen molar-refractivity contribution in [2.45, 2.75) is 65.8 Å². The maximum absolute atomic E-state index is 13.4. The molecule has 5 atom stereocenters. The van der Waals surface area contributed by atoms with Gasteiger partial charge in [-0.25, -0.2) is 0 Å². The van der Waals surface area contributed by atoms with E-state index in [9.17, 15) is 19.8 Å². The third-order valence-electron chi connectivity index (χ3n) is 6.39. The Morgan fingerprint density at radius 2 is 1.81 bits per heavy atom. The van der Waals surface area contributed by atoms with Crippen LogP contribution >= 0.6 is 34.8 Å². The number of esters is 2. The van der Waals surface area contributed by atoms with Crippen LogP contribution in [0.25, 0.3) is 0 Å². The van der Waals surface area contributed by atoms with Gasteiger partial charge in [0.1, 0.15) is 0 Å². The molecule has 7 nitrogen and oxygen atoms in total. The zero-order valence-corrected chi connectivity index (χ0v) is 26.1. The van der Waals surface area contributed by atoms with E-state index < -0.39 is 66.8 Å². The van der Waals surface area contributed by atoms with Crippen molar-refractivity contribution in [1.29, 1.82) is 0 Å². The number of hydrogen-bond acceptors (Lipinski definition) is 7. The fourth-order valence-electron chi connectivity index (χ4n) is 4.73. The summed E-state index contributed by atoms with van der Waals surface area (Å²) in [4.78, 5) is 26.1. The maximum atomic E-state index is 13.4. The van der Waals surface area contributed by atoms with Gasteiger partial charge in [0.25, 0.3) is 0 Å². The zero-order valence-electron chi connectivity index (χ0n) is 21.2. The Kier molecular flexibility index (Phi) is 9.25. The molecular formula is C25H31Cl3O7SeSi. The Morgan fingerprint density at radius 1 is 1.19 bits per heavy atom. The van der Waals surface area contributed by atoms with Crippen LogP contribution in [0.3, 0.4) is 0 Å². The minimum atomic E-state index is -2.41. The second kappa shape index (κ2) is 11.2. The zero-order chi connectivity index (χ0) is 27.8. The van der Waals surface area contributed by atoms with Crippen LogP contribution in [0.15, 0.2) is 47.1 Å². The molecule has 1 aromatic heterocycles. The molecule has 1 fully saturated rings. The molecule has 2 aromatic rings. The van der Waals surface area contributed by atoms with E-state index in [0.29, 0.717) is 5.38 Å². The first-order valence-corrected chi connectivity index (χ1v) is 18.1. The second-order valence-electron chi connectivity index (χ2n) is 10.2. The van der Waals surface area contributed by atoms with Gasteiger partial charge >= 0.3 is 240 Å².